The van der Waals surface area contributed by atoms with Crippen LogP contribution >= 0.6 is 0 Å². The highest BCUT2D eigenvalue weighted by molar-refractivity contribution is 5.94. The first-order valence-electron chi connectivity index (χ1n) is 6.83. The first-order chi connectivity index (χ1) is 10.5. The van der Waals surface area contributed by atoms with Crippen LogP contribution in [0.4, 0.5) is 4.39 Å². The van der Waals surface area contributed by atoms with E-state index >= 15 is 0 Å². The molecule has 2 aromatic carbocycles. The molecular formula is C17H18FNO3. The van der Waals surface area contributed by atoms with Gasteiger partial charge in [-0.05, 0) is 49.4 Å². The molecule has 22 heavy (non-hydrogen) atoms. The van der Waals surface area contributed by atoms with Crippen molar-refractivity contribution < 1.29 is 18.7 Å². The number of halogens is 1. The number of nitrogens with one attached hydrogen (secondary N) is 1. The van der Waals surface area contributed by atoms with Gasteiger partial charge in [-0.1, -0.05) is 0 Å². The standard InChI is InChI=1S/C17H18FNO3/c1-11(15-10-14(21-2)8-9-16(15)22-3)19-17(20)12-4-6-13(18)7-5-12/h4-11H,1-3H3,(H,19,20)/t11-/m0/s1. The van der Waals surface area contributed by atoms with E-state index in [1.165, 1.54) is 24.3 Å². The molecule has 0 bridgehead atoms. The Bertz CT molecular complexity index is 655. The van der Waals surface area contributed by atoms with Crippen LogP contribution in [0.1, 0.15) is 28.9 Å². The predicted molar refractivity (Wildman–Crippen MR) is 81.8 cm³/mol. The lowest BCUT2D eigenvalue weighted by Crippen LogP contribution is -2.27. The van der Waals surface area contributed by atoms with E-state index in [-0.39, 0.29) is 17.8 Å². The molecule has 2 rings (SSSR count). The molecule has 0 aliphatic carbocycles. The molecule has 0 aliphatic heterocycles. The van der Waals surface area contributed by atoms with Crippen LogP contribution in [-0.4, -0.2) is 20.1 Å². The normalized spacial score (nSPS) is 11.6. The molecule has 0 aromatic heterocycles. The first-order valence-corrected chi connectivity index (χ1v) is 6.83. The molecule has 0 saturated carbocycles. The van der Waals surface area contributed by atoms with Crippen molar-refractivity contribution in [3.8, 4) is 11.5 Å². The average Bonchev–Trinajstić information content (AvgIpc) is 2.54. The van der Waals surface area contributed by atoms with Gasteiger partial charge in [0.1, 0.15) is 17.3 Å². The summed E-state index contributed by atoms with van der Waals surface area (Å²) in [7, 11) is 3.15. The summed E-state index contributed by atoms with van der Waals surface area (Å²) in [5.74, 6) is 0.683. The fourth-order valence-electron chi connectivity index (χ4n) is 2.14. The molecule has 0 unspecified atom stereocenters. The SMILES string of the molecule is COc1ccc(OC)c([C@H](C)NC(=O)c2ccc(F)cc2)c1. The van der Waals surface area contributed by atoms with Crippen LogP contribution in [0.5, 0.6) is 11.5 Å². The van der Waals surface area contributed by atoms with E-state index in [1.54, 1.807) is 26.4 Å². The third kappa shape index (κ3) is 3.55. The zero-order valence-electron chi connectivity index (χ0n) is 12.7. The lowest BCUT2D eigenvalue weighted by atomic mass is 10.1. The zero-order chi connectivity index (χ0) is 16.1. The monoisotopic (exact) mass is 303 g/mol. The Hall–Kier alpha value is -2.56. The number of benzene rings is 2. The highest BCUT2D eigenvalue weighted by Gasteiger charge is 2.16. The highest BCUT2D eigenvalue weighted by Crippen LogP contribution is 2.29. The maximum Gasteiger partial charge on any atom is 0.251 e. The second-order valence-electron chi connectivity index (χ2n) is 4.81. The summed E-state index contributed by atoms with van der Waals surface area (Å²) in [6.45, 7) is 1.85. The maximum absolute atomic E-state index is 12.9. The summed E-state index contributed by atoms with van der Waals surface area (Å²) in [6.07, 6.45) is 0. The summed E-state index contributed by atoms with van der Waals surface area (Å²) in [5.41, 5.74) is 1.20. The van der Waals surface area contributed by atoms with Gasteiger partial charge in [-0.15, -0.1) is 0 Å². The van der Waals surface area contributed by atoms with Gasteiger partial charge in [0, 0.05) is 11.1 Å². The van der Waals surface area contributed by atoms with Crippen molar-refractivity contribution in [3.63, 3.8) is 0 Å². The van der Waals surface area contributed by atoms with Crippen molar-refractivity contribution in [1.82, 2.24) is 5.32 Å². The van der Waals surface area contributed by atoms with Gasteiger partial charge in [0.25, 0.3) is 5.91 Å². The molecule has 0 radical (unpaired) electrons. The van der Waals surface area contributed by atoms with Crippen molar-refractivity contribution in [1.29, 1.82) is 0 Å². The lowest BCUT2D eigenvalue weighted by Gasteiger charge is -2.18. The summed E-state index contributed by atoms with van der Waals surface area (Å²) in [4.78, 5) is 12.2. The second-order valence-corrected chi connectivity index (χ2v) is 4.81. The Morgan fingerprint density at radius 3 is 2.36 bits per heavy atom. The van der Waals surface area contributed by atoms with E-state index in [0.717, 1.165) is 5.56 Å². The predicted octanol–water partition coefficient (Wildman–Crippen LogP) is 3.33. The minimum Gasteiger partial charge on any atom is -0.497 e. The fourth-order valence-corrected chi connectivity index (χ4v) is 2.14. The molecule has 1 amide bonds. The Balaban J connectivity index is 2.19. The van der Waals surface area contributed by atoms with E-state index in [2.05, 4.69) is 5.32 Å². The highest BCUT2D eigenvalue weighted by atomic mass is 19.1. The summed E-state index contributed by atoms with van der Waals surface area (Å²) < 4.78 is 23.4. The molecule has 0 spiro atoms. The fraction of sp³-hybridized carbons (Fsp3) is 0.235. The number of carbonyl (C=O) groups excluding carboxylic acids is 1. The third-order valence-electron chi connectivity index (χ3n) is 3.36. The topological polar surface area (TPSA) is 47.6 Å². The van der Waals surface area contributed by atoms with Crippen LogP contribution in [0, 0.1) is 5.82 Å². The number of ether oxygens (including phenoxy) is 2. The maximum atomic E-state index is 12.9. The molecule has 0 saturated heterocycles. The number of methoxy groups -OCH3 is 2. The van der Waals surface area contributed by atoms with Gasteiger partial charge in [0.15, 0.2) is 0 Å². The molecule has 1 atom stereocenters. The van der Waals surface area contributed by atoms with Gasteiger partial charge < -0.3 is 14.8 Å². The summed E-state index contributed by atoms with van der Waals surface area (Å²) >= 11 is 0. The van der Waals surface area contributed by atoms with Crippen molar-refractivity contribution in [2.24, 2.45) is 0 Å². The molecule has 0 fully saturated rings. The van der Waals surface area contributed by atoms with Gasteiger partial charge in [-0.2, -0.15) is 0 Å². The minimum atomic E-state index is -0.376. The van der Waals surface area contributed by atoms with Gasteiger partial charge >= 0.3 is 0 Å². The smallest absolute Gasteiger partial charge is 0.251 e. The molecule has 5 heteroatoms. The molecule has 4 nitrogen and oxygen atoms in total. The van der Waals surface area contributed by atoms with Gasteiger partial charge in [-0.25, -0.2) is 4.39 Å². The van der Waals surface area contributed by atoms with Crippen molar-refractivity contribution in [3.05, 3.63) is 59.4 Å². The molecular weight excluding hydrogens is 285 g/mol. The van der Waals surface area contributed by atoms with E-state index in [4.69, 9.17) is 9.47 Å². The number of amides is 1. The number of hydrogen-bond donors (Lipinski definition) is 1. The van der Waals surface area contributed by atoms with Gasteiger partial charge in [0.2, 0.25) is 0 Å². The molecule has 0 aliphatic rings. The second kappa shape index (κ2) is 6.93. The number of hydrogen-bond acceptors (Lipinski definition) is 3. The molecule has 1 N–H and O–H groups in total. The van der Waals surface area contributed by atoms with Gasteiger partial charge in [0.05, 0.1) is 20.3 Å². The van der Waals surface area contributed by atoms with Gasteiger partial charge in [-0.3, -0.25) is 4.79 Å². The molecule has 0 heterocycles. The first kappa shape index (κ1) is 15.8. The molecule has 116 valence electrons. The van der Waals surface area contributed by atoms with E-state index in [0.29, 0.717) is 17.1 Å². The Morgan fingerprint density at radius 1 is 1.09 bits per heavy atom. The van der Waals surface area contributed by atoms with E-state index in [1.807, 2.05) is 13.0 Å². The Kier molecular flexibility index (Phi) is 4.99. The Morgan fingerprint density at radius 2 is 1.77 bits per heavy atom. The number of carbonyl (C=O) groups is 1. The van der Waals surface area contributed by atoms with Crippen molar-refractivity contribution in [2.75, 3.05) is 14.2 Å². The number of rotatable bonds is 5. The van der Waals surface area contributed by atoms with Crippen LogP contribution in [-0.2, 0) is 0 Å². The van der Waals surface area contributed by atoms with Crippen LogP contribution in [0.25, 0.3) is 0 Å². The van der Waals surface area contributed by atoms with Crippen molar-refractivity contribution >= 4 is 5.91 Å². The van der Waals surface area contributed by atoms with E-state index in [9.17, 15) is 9.18 Å². The molecule has 2 aromatic rings. The van der Waals surface area contributed by atoms with Crippen LogP contribution in [0.3, 0.4) is 0 Å². The largest absolute Gasteiger partial charge is 0.497 e. The minimum absolute atomic E-state index is 0.280. The summed E-state index contributed by atoms with van der Waals surface area (Å²) in [5, 5.41) is 2.86. The average molecular weight is 303 g/mol. The zero-order valence-corrected chi connectivity index (χ0v) is 12.7. The van der Waals surface area contributed by atoms with Crippen LogP contribution in [0.15, 0.2) is 42.5 Å². The quantitative estimate of drug-likeness (QED) is 0.921. The Labute approximate surface area is 128 Å². The third-order valence-corrected chi connectivity index (χ3v) is 3.36. The van der Waals surface area contributed by atoms with E-state index < -0.39 is 0 Å². The van der Waals surface area contributed by atoms with Crippen molar-refractivity contribution in [2.45, 2.75) is 13.0 Å². The lowest BCUT2D eigenvalue weighted by molar-refractivity contribution is 0.0939. The van der Waals surface area contributed by atoms with Crippen LogP contribution < -0.4 is 14.8 Å². The summed E-state index contributed by atoms with van der Waals surface area (Å²) in [6, 6.07) is 10.5. The van der Waals surface area contributed by atoms with Crippen LogP contribution in [0.2, 0.25) is 0 Å².